The lowest BCUT2D eigenvalue weighted by Gasteiger charge is -2.23. The van der Waals surface area contributed by atoms with Gasteiger partial charge >= 0.3 is 0 Å². The number of rotatable bonds is 5. The van der Waals surface area contributed by atoms with Crippen molar-refractivity contribution < 1.29 is 4.39 Å². The summed E-state index contributed by atoms with van der Waals surface area (Å²) >= 11 is 0. The molecule has 1 rings (SSSR count). The molecule has 0 aliphatic heterocycles. The first-order chi connectivity index (χ1) is 7.60. The van der Waals surface area contributed by atoms with Crippen LogP contribution in [-0.4, -0.2) is 0 Å². The van der Waals surface area contributed by atoms with Gasteiger partial charge in [0.25, 0.3) is 0 Å². The molecule has 1 aromatic carbocycles. The molecule has 0 spiro atoms. The molecule has 1 aromatic rings. The Balaban J connectivity index is 3.00. The summed E-state index contributed by atoms with van der Waals surface area (Å²) in [7, 11) is 0. The van der Waals surface area contributed by atoms with Gasteiger partial charge in [0.15, 0.2) is 0 Å². The highest BCUT2D eigenvalue weighted by molar-refractivity contribution is 5.27. The van der Waals surface area contributed by atoms with E-state index < -0.39 is 0 Å². The van der Waals surface area contributed by atoms with Gasteiger partial charge in [-0.15, -0.1) is 0 Å². The van der Waals surface area contributed by atoms with Crippen LogP contribution >= 0.6 is 0 Å². The number of benzene rings is 1. The van der Waals surface area contributed by atoms with Gasteiger partial charge in [-0.05, 0) is 42.4 Å². The predicted octanol–water partition coefficient (Wildman–Crippen LogP) is 5.06. The number of aryl methyl sites for hydroxylation is 1. The van der Waals surface area contributed by atoms with Crippen molar-refractivity contribution in [2.24, 2.45) is 5.92 Å². The third-order valence-electron chi connectivity index (χ3n) is 3.49. The van der Waals surface area contributed by atoms with Crippen LogP contribution in [0.5, 0.6) is 0 Å². The van der Waals surface area contributed by atoms with Gasteiger partial charge < -0.3 is 0 Å². The molecule has 0 nitrogen and oxygen atoms in total. The van der Waals surface area contributed by atoms with Gasteiger partial charge in [0.05, 0.1) is 0 Å². The zero-order valence-electron chi connectivity index (χ0n) is 10.9. The summed E-state index contributed by atoms with van der Waals surface area (Å²) in [6, 6.07) is 5.64. The summed E-state index contributed by atoms with van der Waals surface area (Å²) < 4.78 is 13.9. The van der Waals surface area contributed by atoms with E-state index >= 15 is 0 Å². The Morgan fingerprint density at radius 1 is 1.25 bits per heavy atom. The molecule has 1 heteroatoms. The molecule has 2 atom stereocenters. The van der Waals surface area contributed by atoms with Gasteiger partial charge in [-0.3, -0.25) is 0 Å². The quantitative estimate of drug-likeness (QED) is 0.653. The molecule has 0 amide bonds. The molecule has 0 saturated heterocycles. The van der Waals surface area contributed by atoms with Crippen LogP contribution in [0.15, 0.2) is 18.2 Å². The Bertz CT molecular complexity index is 330. The summed E-state index contributed by atoms with van der Waals surface area (Å²) in [5.41, 5.74) is 1.91. The van der Waals surface area contributed by atoms with Gasteiger partial charge in [-0.1, -0.05) is 45.7 Å². The standard InChI is InChI=1S/C15H23F/c1-5-7-13(12(4)6-2)14-9-8-11(3)10-15(14)16/h8-10,12-13H,5-7H2,1-4H3. The van der Waals surface area contributed by atoms with Crippen molar-refractivity contribution in [1.29, 1.82) is 0 Å². The second-order valence-corrected chi connectivity index (χ2v) is 4.81. The highest BCUT2D eigenvalue weighted by atomic mass is 19.1. The van der Waals surface area contributed by atoms with E-state index in [1.807, 2.05) is 19.1 Å². The average molecular weight is 222 g/mol. The maximum atomic E-state index is 13.9. The number of halogens is 1. The molecule has 2 unspecified atom stereocenters. The lowest BCUT2D eigenvalue weighted by Crippen LogP contribution is -2.11. The molecule has 0 saturated carbocycles. The van der Waals surface area contributed by atoms with Crippen molar-refractivity contribution in [1.82, 2.24) is 0 Å². The van der Waals surface area contributed by atoms with Crippen LogP contribution in [0.4, 0.5) is 4.39 Å². The summed E-state index contributed by atoms with van der Waals surface area (Å²) in [5, 5.41) is 0. The summed E-state index contributed by atoms with van der Waals surface area (Å²) in [6.07, 6.45) is 3.30. The van der Waals surface area contributed by atoms with Crippen molar-refractivity contribution in [2.45, 2.75) is 52.9 Å². The van der Waals surface area contributed by atoms with Crippen molar-refractivity contribution in [2.75, 3.05) is 0 Å². The molecule has 0 bridgehead atoms. The van der Waals surface area contributed by atoms with Crippen LogP contribution < -0.4 is 0 Å². The fraction of sp³-hybridized carbons (Fsp3) is 0.600. The van der Waals surface area contributed by atoms with Gasteiger partial charge in [-0.25, -0.2) is 4.39 Å². The van der Waals surface area contributed by atoms with Gasteiger partial charge in [0.1, 0.15) is 5.82 Å². The molecule has 0 aromatic heterocycles. The molecule has 16 heavy (non-hydrogen) atoms. The highest BCUT2D eigenvalue weighted by Crippen LogP contribution is 2.33. The van der Waals surface area contributed by atoms with Crippen molar-refractivity contribution in [3.05, 3.63) is 35.1 Å². The maximum absolute atomic E-state index is 13.9. The van der Waals surface area contributed by atoms with Crippen LogP contribution in [0.25, 0.3) is 0 Å². The first-order valence-electron chi connectivity index (χ1n) is 6.36. The lowest BCUT2D eigenvalue weighted by molar-refractivity contribution is 0.405. The zero-order valence-corrected chi connectivity index (χ0v) is 10.9. The average Bonchev–Trinajstić information content (AvgIpc) is 2.26. The SMILES string of the molecule is CCCC(c1ccc(C)cc1F)C(C)CC. The first-order valence-corrected chi connectivity index (χ1v) is 6.36. The zero-order chi connectivity index (χ0) is 12.1. The summed E-state index contributed by atoms with van der Waals surface area (Å²) in [6.45, 7) is 8.51. The predicted molar refractivity (Wildman–Crippen MR) is 68.2 cm³/mol. The minimum Gasteiger partial charge on any atom is -0.207 e. The van der Waals surface area contributed by atoms with E-state index in [0.29, 0.717) is 11.8 Å². The normalized spacial score (nSPS) is 14.8. The molecular formula is C15H23F. The Hall–Kier alpha value is -0.850. The third-order valence-corrected chi connectivity index (χ3v) is 3.49. The van der Waals surface area contributed by atoms with Crippen LogP contribution in [0.3, 0.4) is 0 Å². The first kappa shape index (κ1) is 13.2. The Labute approximate surface area is 98.9 Å². The lowest BCUT2D eigenvalue weighted by atomic mass is 9.82. The Morgan fingerprint density at radius 3 is 2.44 bits per heavy atom. The van der Waals surface area contributed by atoms with Gasteiger partial charge in [-0.2, -0.15) is 0 Å². The number of hydrogen-bond acceptors (Lipinski definition) is 0. The molecule has 0 heterocycles. The summed E-state index contributed by atoms with van der Waals surface area (Å²) in [4.78, 5) is 0. The number of hydrogen-bond donors (Lipinski definition) is 0. The molecule has 0 aliphatic rings. The molecule has 0 N–H and O–H groups in total. The van der Waals surface area contributed by atoms with E-state index in [0.717, 1.165) is 30.4 Å². The van der Waals surface area contributed by atoms with Crippen LogP contribution in [-0.2, 0) is 0 Å². The van der Waals surface area contributed by atoms with E-state index in [4.69, 9.17) is 0 Å². The Kier molecular flexibility index (Phi) is 4.98. The van der Waals surface area contributed by atoms with Crippen molar-refractivity contribution in [3.63, 3.8) is 0 Å². The molecule has 0 radical (unpaired) electrons. The fourth-order valence-corrected chi connectivity index (χ4v) is 2.27. The van der Waals surface area contributed by atoms with E-state index in [9.17, 15) is 4.39 Å². The topological polar surface area (TPSA) is 0 Å². The molecule has 0 aliphatic carbocycles. The van der Waals surface area contributed by atoms with Crippen LogP contribution in [0, 0.1) is 18.7 Å². The van der Waals surface area contributed by atoms with E-state index in [2.05, 4.69) is 20.8 Å². The third kappa shape index (κ3) is 3.07. The van der Waals surface area contributed by atoms with Crippen molar-refractivity contribution in [3.8, 4) is 0 Å². The summed E-state index contributed by atoms with van der Waals surface area (Å²) in [5.74, 6) is 0.895. The minimum absolute atomic E-state index is 0.0289. The minimum atomic E-state index is -0.0289. The Morgan fingerprint density at radius 2 is 1.94 bits per heavy atom. The van der Waals surface area contributed by atoms with Crippen LogP contribution in [0.2, 0.25) is 0 Å². The second kappa shape index (κ2) is 6.03. The van der Waals surface area contributed by atoms with Gasteiger partial charge in [0.2, 0.25) is 0 Å². The largest absolute Gasteiger partial charge is 0.207 e. The molecule has 90 valence electrons. The molecule has 0 fully saturated rings. The fourth-order valence-electron chi connectivity index (χ4n) is 2.27. The van der Waals surface area contributed by atoms with E-state index in [1.54, 1.807) is 6.07 Å². The van der Waals surface area contributed by atoms with E-state index in [1.165, 1.54) is 0 Å². The monoisotopic (exact) mass is 222 g/mol. The van der Waals surface area contributed by atoms with Gasteiger partial charge in [0, 0.05) is 0 Å². The van der Waals surface area contributed by atoms with Crippen LogP contribution in [0.1, 0.15) is 57.1 Å². The second-order valence-electron chi connectivity index (χ2n) is 4.81. The maximum Gasteiger partial charge on any atom is 0.126 e. The molecular weight excluding hydrogens is 199 g/mol. The smallest absolute Gasteiger partial charge is 0.126 e. The van der Waals surface area contributed by atoms with E-state index in [-0.39, 0.29) is 5.82 Å². The highest BCUT2D eigenvalue weighted by Gasteiger charge is 2.20. The van der Waals surface area contributed by atoms with Crippen molar-refractivity contribution >= 4 is 0 Å².